The molecule has 6 atom stereocenters. The van der Waals surface area contributed by atoms with E-state index in [1.165, 1.54) is 11.1 Å². The predicted molar refractivity (Wildman–Crippen MR) is 362 cm³/mol. The number of unbranched alkanes of at least 4 members (excludes halogenated alkanes) is 3. The molecule has 0 saturated heterocycles. The molecule has 0 heterocycles. The second-order valence-electron chi connectivity index (χ2n) is 27.8. The summed E-state index contributed by atoms with van der Waals surface area (Å²) < 4.78 is 157. The van der Waals surface area contributed by atoms with Crippen molar-refractivity contribution < 1.29 is 77.7 Å². The number of halogens is 9. The maximum atomic E-state index is 13.4. The van der Waals surface area contributed by atoms with Gasteiger partial charge in [-0.1, -0.05) is 13.0 Å². The first-order valence-corrected chi connectivity index (χ1v) is 38.3. The minimum atomic E-state index is -6.76. The quantitative estimate of drug-likeness (QED) is 0.0146. The second-order valence-corrected chi connectivity index (χ2v) is 34.9. The van der Waals surface area contributed by atoms with Crippen LogP contribution in [0.15, 0.2) is 97.1 Å². The van der Waals surface area contributed by atoms with Gasteiger partial charge in [-0.25, -0.2) is 0 Å². The van der Waals surface area contributed by atoms with E-state index in [0.29, 0.717) is 42.8 Å². The Morgan fingerprint density at radius 2 is 1.28 bits per heavy atom. The monoisotopic (exact) mass is 1400 g/mol. The number of aryl methyl sites for hydroxylation is 1. The second kappa shape index (κ2) is 33.0. The van der Waals surface area contributed by atoms with E-state index in [-0.39, 0.29) is 72.1 Å². The molecule has 532 valence electrons. The van der Waals surface area contributed by atoms with Crippen LogP contribution in [0.2, 0.25) is 0 Å². The number of ether oxygens (including phenoxy) is 6. The molecular formula is C72H101F9N3O8PS2. The third-order valence-corrected chi connectivity index (χ3v) is 27.9. The number of alkyl halides is 9. The van der Waals surface area contributed by atoms with Crippen molar-refractivity contribution in [3.8, 4) is 23.3 Å². The summed E-state index contributed by atoms with van der Waals surface area (Å²) >= 11 is 0. The van der Waals surface area contributed by atoms with Crippen LogP contribution in [0.4, 0.5) is 39.5 Å². The standard InChI is InChI=1S/C72H101F9N3O8PS2/c1-51(2)84(52(3)4)93(85,86,46-18-40-82)50-53(49-92-68(55-21-15-13-16-22-55,56-24-28-58(87-9)29-25-56)57-26-30-59(88-10)31-27-57)20-14-11-12-17-47-94-95-66(5,6)39-41-83(8)42-45-89-60-32-34-61-54(48-60)23-33-63-62(61)37-38-67(7)64(63)35-36-65(67)90-43-19-44-91-69(70(73,74)75,71(76,77)78)72(79,80)81/h13,15-16,21-22,24-32,34,48,51-53,62-65,85-86H,11-12,14,17-20,23,33,35-39,41-47,49-50H2,1-10H3/t53?,62-,63-,64+,65+,67+/m1/s1. The molecule has 95 heavy (non-hydrogen) atoms. The Hall–Kier alpha value is -4.01. The number of fused-ring (bicyclic) bond motifs is 5. The SMILES string of the molecule is COc1ccc(C(OCC(CCCCCCSSC(C)(C)CCN(C)CCOc2ccc3c(c2)CC[C@@H]2[C@@H]3CC[C@]3(C)[C@@H](OCCCOC(C(F)(F)F)(C(F)(F)F)C(F)(F)F)CC[C@@H]23)CP(O)(O)(CCC#N)N(C(C)C)C(C)C)(c2ccccc2)c2ccc(OC)cc2)cc1. The Morgan fingerprint density at radius 3 is 1.86 bits per heavy atom. The Balaban J connectivity index is 0.868. The van der Waals surface area contributed by atoms with Gasteiger partial charge in [0.05, 0.1) is 12.7 Å². The molecule has 0 spiro atoms. The van der Waals surface area contributed by atoms with Gasteiger partial charge in [0.15, 0.2) is 0 Å². The zero-order valence-electron chi connectivity index (χ0n) is 56.9. The van der Waals surface area contributed by atoms with Gasteiger partial charge in [-0.3, -0.25) is 0 Å². The summed E-state index contributed by atoms with van der Waals surface area (Å²) in [6, 6.07) is 34.2. The topological polar surface area (TPSA) is 126 Å². The third kappa shape index (κ3) is 18.7. The first kappa shape index (κ1) is 78.3. The van der Waals surface area contributed by atoms with E-state index < -0.39 is 50.0 Å². The van der Waals surface area contributed by atoms with Crippen LogP contribution >= 0.6 is 28.8 Å². The fourth-order valence-electron chi connectivity index (χ4n) is 15.5. The van der Waals surface area contributed by atoms with Crippen LogP contribution in [0.3, 0.4) is 0 Å². The van der Waals surface area contributed by atoms with Crippen LogP contribution in [0.5, 0.6) is 17.2 Å². The number of nitrogens with zero attached hydrogens (tertiary/aromatic N) is 3. The van der Waals surface area contributed by atoms with Crippen LogP contribution < -0.4 is 14.2 Å². The van der Waals surface area contributed by atoms with E-state index in [4.69, 9.17) is 23.7 Å². The fraction of sp³-hybridized carbons (Fsp3) is 0.653. The summed E-state index contributed by atoms with van der Waals surface area (Å²) in [5.74, 6) is 3.91. The first-order chi connectivity index (χ1) is 44.7. The van der Waals surface area contributed by atoms with Crippen LogP contribution in [0.25, 0.3) is 0 Å². The van der Waals surface area contributed by atoms with Crippen LogP contribution in [0, 0.1) is 34.5 Å². The summed E-state index contributed by atoms with van der Waals surface area (Å²) in [4.78, 5) is 28.2. The van der Waals surface area contributed by atoms with Crippen molar-refractivity contribution in [3.05, 3.63) is 125 Å². The minimum absolute atomic E-state index is 0.0184. The van der Waals surface area contributed by atoms with Crippen LogP contribution in [-0.2, 0) is 26.2 Å². The normalized spacial score (nSPS) is 20.5. The van der Waals surface area contributed by atoms with Crippen molar-refractivity contribution in [2.75, 3.05) is 78.9 Å². The van der Waals surface area contributed by atoms with Crippen molar-refractivity contribution in [3.63, 3.8) is 0 Å². The molecule has 0 amide bonds. The van der Waals surface area contributed by atoms with Crippen molar-refractivity contribution in [1.29, 1.82) is 5.26 Å². The Morgan fingerprint density at radius 1 is 0.695 bits per heavy atom. The van der Waals surface area contributed by atoms with Crippen molar-refractivity contribution in [1.82, 2.24) is 9.57 Å². The van der Waals surface area contributed by atoms with Gasteiger partial charge in [-0.05, 0) is 105 Å². The van der Waals surface area contributed by atoms with Crippen molar-refractivity contribution in [2.45, 2.75) is 197 Å². The predicted octanol–water partition coefficient (Wildman–Crippen LogP) is 18.5. The molecule has 0 radical (unpaired) electrons. The molecule has 2 fully saturated rings. The first-order valence-electron chi connectivity index (χ1n) is 33.5. The van der Waals surface area contributed by atoms with E-state index in [0.717, 1.165) is 105 Å². The van der Waals surface area contributed by atoms with Gasteiger partial charge in [0.2, 0.25) is 0 Å². The molecule has 11 nitrogen and oxygen atoms in total. The number of hydrogen-bond acceptors (Lipinski definition) is 13. The van der Waals surface area contributed by atoms with Gasteiger partial charge in [-0.2, -0.15) is 39.5 Å². The zero-order chi connectivity index (χ0) is 69.7. The molecule has 2 N–H and O–H groups in total. The molecule has 3 aliphatic rings. The van der Waals surface area contributed by atoms with Crippen molar-refractivity contribution >= 4 is 28.8 Å². The van der Waals surface area contributed by atoms with Crippen molar-refractivity contribution in [2.24, 2.45) is 23.2 Å². The number of hydrogen-bond donors (Lipinski definition) is 2. The third-order valence-electron chi connectivity index (χ3n) is 20.1. The summed E-state index contributed by atoms with van der Waals surface area (Å²) in [5.41, 5.74) is -2.42. The van der Waals surface area contributed by atoms with Crippen LogP contribution in [-0.4, -0.2) is 145 Å². The molecule has 0 aromatic heterocycles. The number of rotatable bonds is 37. The number of methoxy groups -OCH3 is 2. The van der Waals surface area contributed by atoms with E-state index in [1.807, 2.05) is 127 Å². The molecular weight excluding hydrogens is 1300 g/mol. The average molecular weight is 1400 g/mol. The molecule has 0 bridgehead atoms. The van der Waals surface area contributed by atoms with E-state index >= 15 is 0 Å². The molecule has 4 aromatic rings. The van der Waals surface area contributed by atoms with Gasteiger partial charge in [0.25, 0.3) is 0 Å². The maximum absolute atomic E-state index is 13.4. The molecule has 23 heteroatoms. The molecule has 7 rings (SSSR count). The zero-order valence-corrected chi connectivity index (χ0v) is 59.4. The van der Waals surface area contributed by atoms with E-state index in [2.05, 4.69) is 67.8 Å². The number of nitriles is 1. The fourth-order valence-corrected chi connectivity index (χ4v) is 22.9. The van der Waals surface area contributed by atoms with Gasteiger partial charge < -0.3 is 19.1 Å². The molecule has 1 unspecified atom stereocenters. The molecule has 0 aliphatic heterocycles. The number of benzene rings is 4. The molecule has 2 saturated carbocycles. The summed E-state index contributed by atoms with van der Waals surface area (Å²) in [6.45, 7) is 15.3. The summed E-state index contributed by atoms with van der Waals surface area (Å²) in [5, 5.41) is 9.88. The average Bonchev–Trinajstić information content (AvgIpc) is 1.51. The van der Waals surface area contributed by atoms with Gasteiger partial charge in [-0.15, -0.1) is 0 Å². The number of likely N-dealkylation sites (N-methyl/N-ethyl adjacent to an activating group) is 1. The Labute approximate surface area is 565 Å². The van der Waals surface area contributed by atoms with E-state index in [9.17, 15) is 54.6 Å². The van der Waals surface area contributed by atoms with Gasteiger partial charge >= 0.3 is 354 Å². The Bertz CT molecular complexity index is 2970. The summed E-state index contributed by atoms with van der Waals surface area (Å²) in [7, 11) is 4.53. The Kier molecular flexibility index (Phi) is 27.2. The van der Waals surface area contributed by atoms with Gasteiger partial charge in [0, 0.05) is 13.2 Å². The summed E-state index contributed by atoms with van der Waals surface area (Å²) in [6.07, 6.45) is -10.6. The molecule has 3 aliphatic carbocycles. The van der Waals surface area contributed by atoms with Crippen LogP contribution in [0.1, 0.15) is 166 Å². The van der Waals surface area contributed by atoms with Gasteiger partial charge in [0.1, 0.15) is 12.4 Å². The molecule has 4 aromatic carbocycles. The van der Waals surface area contributed by atoms with E-state index in [1.54, 1.807) is 14.2 Å².